The number of carboxylic acids is 1. The van der Waals surface area contributed by atoms with E-state index in [2.05, 4.69) is 154 Å². The normalized spacial score (nSPS) is 11.5. The molecule has 3 aromatic heterocycles. The number of hydrogen-bond acceptors (Lipinski definition) is 3. The lowest BCUT2D eigenvalue weighted by molar-refractivity contribution is 0.0690. The Morgan fingerprint density at radius 1 is 0.551 bits per heavy atom. The van der Waals surface area contributed by atoms with Gasteiger partial charge in [0.1, 0.15) is 12.4 Å². The molecule has 234 valence electrons. The fourth-order valence-corrected chi connectivity index (χ4v) is 6.98. The van der Waals surface area contributed by atoms with Crippen LogP contribution in [-0.2, 0) is 6.61 Å². The lowest BCUT2D eigenvalue weighted by Gasteiger charge is -2.11. The van der Waals surface area contributed by atoms with Crippen molar-refractivity contribution >= 4 is 49.6 Å². The Morgan fingerprint density at radius 3 is 1.57 bits per heavy atom. The number of para-hydroxylation sites is 3. The van der Waals surface area contributed by atoms with Gasteiger partial charge in [-0.25, -0.2) is 9.78 Å². The van der Waals surface area contributed by atoms with Gasteiger partial charge in [-0.2, -0.15) is 0 Å². The van der Waals surface area contributed by atoms with Crippen LogP contribution < -0.4 is 4.74 Å². The van der Waals surface area contributed by atoms with E-state index in [1.807, 2.05) is 0 Å². The van der Waals surface area contributed by atoms with Gasteiger partial charge in [-0.1, -0.05) is 84.9 Å². The SMILES string of the molecule is O=C(O)c1cc(OCc2ccc3c(c2)c2ccccc2n3-c2ccc(-c3ccc(-n4c5ccccc5c5ccccc54)cc3)cc2)ccn1. The second-order valence-corrected chi connectivity index (χ2v) is 12.1. The van der Waals surface area contributed by atoms with Crippen molar-refractivity contribution < 1.29 is 14.6 Å². The van der Waals surface area contributed by atoms with E-state index in [4.69, 9.17) is 4.74 Å². The Kier molecular flexibility index (Phi) is 6.73. The molecule has 1 N–H and O–H groups in total. The molecule has 49 heavy (non-hydrogen) atoms. The Morgan fingerprint density at radius 2 is 1.04 bits per heavy atom. The van der Waals surface area contributed by atoms with Gasteiger partial charge < -0.3 is 19.0 Å². The third kappa shape index (κ3) is 4.89. The number of rotatable bonds is 7. The van der Waals surface area contributed by atoms with Crippen LogP contribution in [0.25, 0.3) is 66.1 Å². The maximum atomic E-state index is 11.3. The van der Waals surface area contributed by atoms with E-state index in [0.29, 0.717) is 12.4 Å². The molecule has 0 unspecified atom stereocenters. The Bertz CT molecular complexity index is 2630. The molecular weight excluding hydrogens is 606 g/mol. The minimum atomic E-state index is -1.08. The van der Waals surface area contributed by atoms with E-state index >= 15 is 0 Å². The Labute approximate surface area is 281 Å². The van der Waals surface area contributed by atoms with Gasteiger partial charge >= 0.3 is 5.97 Å². The van der Waals surface area contributed by atoms with Crippen molar-refractivity contribution in [3.8, 4) is 28.3 Å². The highest BCUT2D eigenvalue weighted by atomic mass is 16.5. The van der Waals surface area contributed by atoms with Crippen molar-refractivity contribution in [2.75, 3.05) is 0 Å². The molecule has 0 fully saturated rings. The standard InChI is InChI=1S/C43H29N3O3/c47-43(48)38-26-33(23-24-44-38)49-27-28-13-22-42-37(25-28)36-9-3-6-12-41(36)46(42)32-20-16-30(17-21-32)29-14-18-31(19-15-29)45-39-10-4-1-7-34(39)35-8-2-5-11-40(35)45/h1-26H,27H2,(H,47,48). The second-order valence-electron chi connectivity index (χ2n) is 12.1. The van der Waals surface area contributed by atoms with E-state index in [-0.39, 0.29) is 5.69 Å². The van der Waals surface area contributed by atoms with Crippen molar-refractivity contribution in [1.29, 1.82) is 0 Å². The van der Waals surface area contributed by atoms with Gasteiger partial charge in [0.05, 0.1) is 22.1 Å². The molecule has 6 aromatic carbocycles. The average Bonchev–Trinajstić information content (AvgIpc) is 3.67. The highest BCUT2D eigenvalue weighted by molar-refractivity contribution is 6.10. The predicted octanol–water partition coefficient (Wildman–Crippen LogP) is 10.2. The molecule has 0 bridgehead atoms. The molecule has 6 nitrogen and oxygen atoms in total. The topological polar surface area (TPSA) is 69.3 Å². The van der Waals surface area contributed by atoms with Gasteiger partial charge in [0.25, 0.3) is 0 Å². The second kappa shape index (κ2) is 11.5. The fourth-order valence-electron chi connectivity index (χ4n) is 6.98. The van der Waals surface area contributed by atoms with Crippen LogP contribution in [-0.4, -0.2) is 25.2 Å². The molecule has 0 aliphatic heterocycles. The number of ether oxygens (including phenoxy) is 1. The number of carbonyl (C=O) groups is 1. The molecule has 0 aliphatic carbocycles. The quantitative estimate of drug-likeness (QED) is 0.189. The van der Waals surface area contributed by atoms with Gasteiger partial charge in [0.15, 0.2) is 5.69 Å². The minimum Gasteiger partial charge on any atom is -0.489 e. The van der Waals surface area contributed by atoms with Gasteiger partial charge in [-0.15, -0.1) is 0 Å². The number of fused-ring (bicyclic) bond motifs is 6. The first-order valence-corrected chi connectivity index (χ1v) is 16.2. The molecule has 0 saturated heterocycles. The summed E-state index contributed by atoms with van der Waals surface area (Å²) >= 11 is 0. The molecule has 0 saturated carbocycles. The van der Waals surface area contributed by atoms with Gasteiger partial charge in [0, 0.05) is 45.2 Å². The van der Waals surface area contributed by atoms with E-state index in [1.165, 1.54) is 34.1 Å². The lowest BCUT2D eigenvalue weighted by Crippen LogP contribution is -2.01. The number of hydrogen-bond donors (Lipinski definition) is 1. The first kappa shape index (κ1) is 28.6. The van der Waals surface area contributed by atoms with Crippen molar-refractivity contribution in [3.63, 3.8) is 0 Å². The van der Waals surface area contributed by atoms with Crippen LogP contribution in [0.1, 0.15) is 16.1 Å². The van der Waals surface area contributed by atoms with Crippen LogP contribution >= 0.6 is 0 Å². The maximum Gasteiger partial charge on any atom is 0.354 e. The predicted molar refractivity (Wildman–Crippen MR) is 196 cm³/mol. The van der Waals surface area contributed by atoms with E-state index in [9.17, 15) is 9.90 Å². The van der Waals surface area contributed by atoms with Crippen LogP contribution in [0.5, 0.6) is 5.75 Å². The van der Waals surface area contributed by atoms with Crippen molar-refractivity contribution in [2.24, 2.45) is 0 Å². The smallest absolute Gasteiger partial charge is 0.354 e. The van der Waals surface area contributed by atoms with Crippen LogP contribution in [0.2, 0.25) is 0 Å². The average molecular weight is 636 g/mol. The number of aromatic carboxylic acids is 1. The van der Waals surface area contributed by atoms with Gasteiger partial charge in [-0.05, 0) is 77.4 Å². The zero-order chi connectivity index (χ0) is 32.9. The minimum absolute atomic E-state index is 0.0431. The molecule has 0 spiro atoms. The molecule has 0 amide bonds. The highest BCUT2D eigenvalue weighted by Gasteiger charge is 2.15. The van der Waals surface area contributed by atoms with Crippen molar-refractivity contribution in [2.45, 2.75) is 6.61 Å². The monoisotopic (exact) mass is 635 g/mol. The number of pyridine rings is 1. The summed E-state index contributed by atoms with van der Waals surface area (Å²) in [7, 11) is 0. The third-order valence-corrected chi connectivity index (χ3v) is 9.26. The third-order valence-electron chi connectivity index (χ3n) is 9.26. The first-order chi connectivity index (χ1) is 24.1. The van der Waals surface area contributed by atoms with Gasteiger partial charge in [0.2, 0.25) is 0 Å². The van der Waals surface area contributed by atoms with Gasteiger partial charge in [-0.3, -0.25) is 0 Å². The summed E-state index contributed by atoms with van der Waals surface area (Å²) in [5.41, 5.74) is 10.1. The van der Waals surface area contributed by atoms with Crippen LogP contribution in [0.15, 0.2) is 158 Å². The van der Waals surface area contributed by atoms with Crippen LogP contribution in [0, 0.1) is 0 Å². The summed E-state index contributed by atoms with van der Waals surface area (Å²) in [6, 6.07) is 52.6. The number of carboxylic acid groups (broad SMARTS) is 1. The molecule has 0 atom stereocenters. The molecule has 9 aromatic rings. The summed E-state index contributed by atoms with van der Waals surface area (Å²) in [5.74, 6) is -0.613. The first-order valence-electron chi connectivity index (χ1n) is 16.2. The van der Waals surface area contributed by atoms with Crippen molar-refractivity contribution in [3.05, 3.63) is 169 Å². The van der Waals surface area contributed by atoms with Crippen LogP contribution in [0.3, 0.4) is 0 Å². The number of nitrogens with zero attached hydrogens (tertiary/aromatic N) is 3. The highest BCUT2D eigenvalue weighted by Crippen LogP contribution is 2.35. The van der Waals surface area contributed by atoms with E-state index in [1.54, 1.807) is 6.07 Å². The number of aromatic nitrogens is 3. The zero-order valence-electron chi connectivity index (χ0n) is 26.3. The zero-order valence-corrected chi connectivity index (χ0v) is 26.3. The van der Waals surface area contributed by atoms with E-state index in [0.717, 1.165) is 49.9 Å². The molecular formula is C43H29N3O3. The number of benzene rings is 6. The summed E-state index contributed by atoms with van der Waals surface area (Å²) in [6.07, 6.45) is 1.45. The Balaban J connectivity index is 1.03. The Hall–Kier alpha value is -6.66. The molecule has 3 heterocycles. The molecule has 6 heteroatoms. The largest absolute Gasteiger partial charge is 0.489 e. The molecule has 0 aliphatic rings. The van der Waals surface area contributed by atoms with E-state index < -0.39 is 5.97 Å². The summed E-state index contributed by atoms with van der Waals surface area (Å²) < 4.78 is 10.6. The summed E-state index contributed by atoms with van der Waals surface area (Å²) in [5, 5.41) is 14.1. The van der Waals surface area contributed by atoms with Crippen LogP contribution in [0.4, 0.5) is 0 Å². The summed E-state index contributed by atoms with van der Waals surface area (Å²) in [4.78, 5) is 15.2. The van der Waals surface area contributed by atoms with Crippen molar-refractivity contribution in [1.82, 2.24) is 14.1 Å². The lowest BCUT2D eigenvalue weighted by atomic mass is 10.0. The molecule has 9 rings (SSSR count). The molecule has 0 radical (unpaired) electrons. The summed E-state index contributed by atoms with van der Waals surface area (Å²) in [6.45, 7) is 0.308. The fraction of sp³-hybridized carbons (Fsp3) is 0.0233. The maximum absolute atomic E-state index is 11.3.